The third-order valence-corrected chi connectivity index (χ3v) is 5.02. The first-order valence-electron chi connectivity index (χ1n) is 8.98. The van der Waals surface area contributed by atoms with E-state index in [1.807, 2.05) is 49.0 Å². The van der Waals surface area contributed by atoms with Gasteiger partial charge in [0.2, 0.25) is 5.91 Å². The molecule has 1 aliphatic heterocycles. The maximum Gasteiger partial charge on any atom is 0.228 e. The van der Waals surface area contributed by atoms with Gasteiger partial charge in [-0.25, -0.2) is 4.98 Å². The quantitative estimate of drug-likeness (QED) is 0.727. The summed E-state index contributed by atoms with van der Waals surface area (Å²) in [6.45, 7) is 3.29. The maximum atomic E-state index is 12.7. The SMILES string of the molecule is Cc1cccn2cc(CC(=O)N(C)C[C@@H]3OCCc4ccccc43)nc12. The van der Waals surface area contributed by atoms with Crippen LogP contribution in [-0.4, -0.2) is 40.4 Å². The Hall–Kier alpha value is -2.66. The van der Waals surface area contributed by atoms with E-state index in [9.17, 15) is 4.79 Å². The van der Waals surface area contributed by atoms with Crippen LogP contribution in [0.25, 0.3) is 5.65 Å². The van der Waals surface area contributed by atoms with Crippen LogP contribution in [0.1, 0.15) is 28.5 Å². The molecule has 1 amide bonds. The lowest BCUT2D eigenvalue weighted by Gasteiger charge is -2.29. The predicted molar refractivity (Wildman–Crippen MR) is 100 cm³/mol. The minimum atomic E-state index is -0.0581. The highest BCUT2D eigenvalue weighted by Gasteiger charge is 2.24. The zero-order valence-electron chi connectivity index (χ0n) is 15.2. The molecule has 1 atom stereocenters. The molecule has 3 aromatic rings. The topological polar surface area (TPSA) is 46.8 Å². The summed E-state index contributed by atoms with van der Waals surface area (Å²) in [5.41, 5.74) is 5.32. The van der Waals surface area contributed by atoms with Crippen molar-refractivity contribution >= 4 is 11.6 Å². The van der Waals surface area contributed by atoms with E-state index in [4.69, 9.17) is 4.74 Å². The molecule has 4 rings (SSSR count). The van der Waals surface area contributed by atoms with Crippen molar-refractivity contribution in [1.29, 1.82) is 0 Å². The van der Waals surface area contributed by atoms with Gasteiger partial charge in [-0.15, -0.1) is 0 Å². The van der Waals surface area contributed by atoms with E-state index in [0.717, 1.165) is 23.3 Å². The fraction of sp³-hybridized carbons (Fsp3) is 0.333. The van der Waals surface area contributed by atoms with Crippen molar-refractivity contribution in [1.82, 2.24) is 14.3 Å². The highest BCUT2D eigenvalue weighted by Crippen LogP contribution is 2.27. The normalized spacial score (nSPS) is 16.5. The molecule has 2 aromatic heterocycles. The van der Waals surface area contributed by atoms with Crippen LogP contribution in [0.5, 0.6) is 0 Å². The van der Waals surface area contributed by atoms with E-state index in [1.165, 1.54) is 11.1 Å². The number of carbonyl (C=O) groups is 1. The average Bonchev–Trinajstić information content (AvgIpc) is 3.06. The van der Waals surface area contributed by atoms with Crippen LogP contribution >= 0.6 is 0 Å². The van der Waals surface area contributed by atoms with E-state index in [0.29, 0.717) is 19.6 Å². The molecule has 1 aliphatic rings. The van der Waals surface area contributed by atoms with Gasteiger partial charge < -0.3 is 14.0 Å². The molecule has 0 fully saturated rings. The molecule has 5 nitrogen and oxygen atoms in total. The Morgan fingerprint density at radius 2 is 2.15 bits per heavy atom. The maximum absolute atomic E-state index is 12.7. The Labute approximate surface area is 153 Å². The third kappa shape index (κ3) is 3.22. The van der Waals surface area contributed by atoms with Crippen molar-refractivity contribution in [2.75, 3.05) is 20.2 Å². The van der Waals surface area contributed by atoms with Gasteiger partial charge in [0, 0.05) is 19.4 Å². The minimum absolute atomic E-state index is 0.0534. The second kappa shape index (κ2) is 6.92. The van der Waals surface area contributed by atoms with E-state index >= 15 is 0 Å². The van der Waals surface area contributed by atoms with Crippen molar-refractivity contribution in [3.05, 3.63) is 71.2 Å². The summed E-state index contributed by atoms with van der Waals surface area (Å²) >= 11 is 0. The summed E-state index contributed by atoms with van der Waals surface area (Å²) in [5, 5.41) is 0. The van der Waals surface area contributed by atoms with Gasteiger partial charge in [0.1, 0.15) is 11.8 Å². The number of hydrogen-bond donors (Lipinski definition) is 0. The van der Waals surface area contributed by atoms with Crippen molar-refractivity contribution in [3.8, 4) is 0 Å². The van der Waals surface area contributed by atoms with Gasteiger partial charge >= 0.3 is 0 Å². The van der Waals surface area contributed by atoms with Crippen LogP contribution in [-0.2, 0) is 22.4 Å². The van der Waals surface area contributed by atoms with Crippen LogP contribution in [0, 0.1) is 6.92 Å². The van der Waals surface area contributed by atoms with Crippen molar-refractivity contribution in [2.45, 2.75) is 25.9 Å². The summed E-state index contributed by atoms with van der Waals surface area (Å²) in [6, 6.07) is 12.3. The lowest BCUT2D eigenvalue weighted by Crippen LogP contribution is -2.34. The molecule has 134 valence electrons. The number of carbonyl (C=O) groups excluding carboxylic acids is 1. The summed E-state index contributed by atoms with van der Waals surface area (Å²) in [7, 11) is 1.84. The van der Waals surface area contributed by atoms with Gasteiger partial charge in [0.15, 0.2) is 0 Å². The summed E-state index contributed by atoms with van der Waals surface area (Å²) < 4.78 is 7.90. The zero-order valence-corrected chi connectivity index (χ0v) is 15.2. The summed E-state index contributed by atoms with van der Waals surface area (Å²) in [5.74, 6) is 0.0534. The molecule has 0 saturated heterocycles. The number of fused-ring (bicyclic) bond motifs is 2. The molecule has 3 heterocycles. The molecule has 0 radical (unpaired) electrons. The Kier molecular flexibility index (Phi) is 4.47. The van der Waals surface area contributed by atoms with E-state index in [2.05, 4.69) is 23.2 Å². The second-order valence-electron chi connectivity index (χ2n) is 6.91. The van der Waals surface area contributed by atoms with Crippen LogP contribution in [0.4, 0.5) is 0 Å². The molecule has 0 aliphatic carbocycles. The number of likely N-dealkylation sites (N-methyl/N-ethyl adjacent to an activating group) is 1. The standard InChI is InChI=1S/C21H23N3O2/c1-15-6-5-10-24-13-17(22-21(15)24)12-20(25)23(2)14-19-18-8-4-3-7-16(18)9-11-26-19/h3-8,10,13,19H,9,11-12,14H2,1-2H3/t19-/m0/s1. The largest absolute Gasteiger partial charge is 0.371 e. The number of imidazole rings is 1. The molecule has 0 N–H and O–H groups in total. The van der Waals surface area contributed by atoms with Gasteiger partial charge in [-0.3, -0.25) is 4.79 Å². The Balaban J connectivity index is 1.46. The molecule has 26 heavy (non-hydrogen) atoms. The van der Waals surface area contributed by atoms with Gasteiger partial charge in [-0.05, 0) is 36.1 Å². The number of benzene rings is 1. The highest BCUT2D eigenvalue weighted by molar-refractivity contribution is 5.78. The van der Waals surface area contributed by atoms with Crippen LogP contribution in [0.3, 0.4) is 0 Å². The smallest absolute Gasteiger partial charge is 0.228 e. The fourth-order valence-corrected chi connectivity index (χ4v) is 3.56. The number of hydrogen-bond acceptors (Lipinski definition) is 3. The summed E-state index contributed by atoms with van der Waals surface area (Å²) in [6.07, 6.45) is 5.06. The number of pyridine rings is 1. The molecular weight excluding hydrogens is 326 g/mol. The zero-order chi connectivity index (χ0) is 18.1. The number of ether oxygens (including phenoxy) is 1. The first kappa shape index (κ1) is 16.8. The van der Waals surface area contributed by atoms with E-state index in [1.54, 1.807) is 4.90 Å². The first-order valence-corrected chi connectivity index (χ1v) is 8.98. The molecule has 0 bridgehead atoms. The van der Waals surface area contributed by atoms with E-state index in [-0.39, 0.29) is 12.0 Å². The molecule has 5 heteroatoms. The van der Waals surface area contributed by atoms with Crippen molar-refractivity contribution in [3.63, 3.8) is 0 Å². The highest BCUT2D eigenvalue weighted by atomic mass is 16.5. The first-order chi connectivity index (χ1) is 12.6. The van der Waals surface area contributed by atoms with Crippen molar-refractivity contribution < 1.29 is 9.53 Å². The predicted octanol–water partition coefficient (Wildman–Crippen LogP) is 2.96. The number of amides is 1. The van der Waals surface area contributed by atoms with E-state index < -0.39 is 0 Å². The number of rotatable bonds is 4. The number of aromatic nitrogens is 2. The summed E-state index contributed by atoms with van der Waals surface area (Å²) in [4.78, 5) is 19.0. The molecule has 1 aromatic carbocycles. The Bertz CT molecular complexity index is 947. The van der Waals surface area contributed by atoms with Crippen molar-refractivity contribution in [2.24, 2.45) is 0 Å². The molecule has 0 spiro atoms. The van der Waals surface area contributed by atoms with Crippen LogP contribution in [0.2, 0.25) is 0 Å². The Morgan fingerprint density at radius 1 is 1.31 bits per heavy atom. The monoisotopic (exact) mass is 349 g/mol. The average molecular weight is 349 g/mol. The van der Waals surface area contributed by atoms with Gasteiger partial charge in [0.25, 0.3) is 0 Å². The van der Waals surface area contributed by atoms with Crippen LogP contribution < -0.4 is 0 Å². The van der Waals surface area contributed by atoms with Gasteiger partial charge in [-0.1, -0.05) is 30.3 Å². The third-order valence-electron chi connectivity index (χ3n) is 5.02. The second-order valence-corrected chi connectivity index (χ2v) is 6.91. The fourth-order valence-electron chi connectivity index (χ4n) is 3.56. The Morgan fingerprint density at radius 3 is 3.00 bits per heavy atom. The minimum Gasteiger partial charge on any atom is -0.371 e. The van der Waals surface area contributed by atoms with Gasteiger partial charge in [-0.2, -0.15) is 0 Å². The number of aryl methyl sites for hydroxylation is 1. The molecular formula is C21H23N3O2. The number of nitrogens with zero attached hydrogens (tertiary/aromatic N) is 3. The lowest BCUT2D eigenvalue weighted by atomic mass is 9.97. The molecule has 0 saturated carbocycles. The molecule has 0 unspecified atom stereocenters. The van der Waals surface area contributed by atoms with Crippen LogP contribution in [0.15, 0.2) is 48.8 Å². The lowest BCUT2D eigenvalue weighted by molar-refractivity contribution is -0.131. The van der Waals surface area contributed by atoms with Gasteiger partial charge in [0.05, 0.1) is 25.3 Å².